The van der Waals surface area contributed by atoms with E-state index in [0.717, 1.165) is 5.56 Å². The molecule has 168 valence electrons. The van der Waals surface area contributed by atoms with Crippen molar-refractivity contribution in [3.05, 3.63) is 66.0 Å². The van der Waals surface area contributed by atoms with E-state index in [2.05, 4.69) is 5.32 Å². The van der Waals surface area contributed by atoms with Crippen molar-refractivity contribution in [3.8, 4) is 11.3 Å². The number of fused-ring (bicyclic) bond motifs is 1. The lowest BCUT2D eigenvalue weighted by molar-refractivity contribution is -0.136. The van der Waals surface area contributed by atoms with Gasteiger partial charge in [0, 0.05) is 24.3 Å². The standard InChI is InChI=1S/C24H27F2N5O/c1-24(2,3)21(27)23(32)30-12-13-31-19(14-30)29-20(15-4-6-16(25)7-5-15)22(31)28-18-10-8-17(26)9-11-18/h4-11,21,28H,12-14,27H2,1-3H3/t21-/m1/s1. The fraction of sp³-hybridized carbons (Fsp3) is 0.333. The molecule has 1 atom stereocenters. The minimum atomic E-state index is -0.614. The minimum absolute atomic E-state index is 0.108. The maximum absolute atomic E-state index is 13.5. The number of hydrogen-bond acceptors (Lipinski definition) is 4. The van der Waals surface area contributed by atoms with Crippen molar-refractivity contribution in [2.24, 2.45) is 11.1 Å². The number of halogens is 2. The quantitative estimate of drug-likeness (QED) is 0.636. The number of amides is 1. The Kier molecular flexibility index (Phi) is 5.73. The summed E-state index contributed by atoms with van der Waals surface area (Å²) in [5.74, 6) is 0.649. The summed E-state index contributed by atoms with van der Waals surface area (Å²) in [7, 11) is 0. The van der Waals surface area contributed by atoms with Gasteiger partial charge in [0.2, 0.25) is 5.91 Å². The normalized spacial score (nSPS) is 14.8. The van der Waals surface area contributed by atoms with E-state index in [1.807, 2.05) is 25.3 Å². The smallest absolute Gasteiger partial charge is 0.240 e. The highest BCUT2D eigenvalue weighted by Gasteiger charge is 2.34. The van der Waals surface area contributed by atoms with Crippen LogP contribution in [0.5, 0.6) is 0 Å². The molecule has 4 rings (SSSR count). The van der Waals surface area contributed by atoms with E-state index < -0.39 is 6.04 Å². The van der Waals surface area contributed by atoms with Crippen LogP contribution in [0.1, 0.15) is 26.6 Å². The van der Waals surface area contributed by atoms with Gasteiger partial charge in [-0.05, 0) is 53.9 Å². The van der Waals surface area contributed by atoms with Gasteiger partial charge in [0.05, 0.1) is 12.6 Å². The molecule has 0 aliphatic carbocycles. The van der Waals surface area contributed by atoms with Gasteiger partial charge in [0.1, 0.15) is 29.0 Å². The van der Waals surface area contributed by atoms with E-state index in [0.29, 0.717) is 42.7 Å². The van der Waals surface area contributed by atoms with E-state index in [4.69, 9.17) is 10.7 Å². The van der Waals surface area contributed by atoms with Gasteiger partial charge >= 0.3 is 0 Å². The predicted molar refractivity (Wildman–Crippen MR) is 120 cm³/mol. The SMILES string of the molecule is CC(C)(C)[C@H](N)C(=O)N1CCn2c(nc(-c3ccc(F)cc3)c2Nc2ccc(F)cc2)C1. The molecule has 0 saturated heterocycles. The molecule has 1 aliphatic heterocycles. The second-order valence-electron chi connectivity index (χ2n) is 9.12. The fourth-order valence-electron chi connectivity index (χ4n) is 3.69. The lowest BCUT2D eigenvalue weighted by atomic mass is 9.86. The molecule has 1 amide bonds. The molecule has 32 heavy (non-hydrogen) atoms. The Morgan fingerprint density at radius 3 is 2.22 bits per heavy atom. The lowest BCUT2D eigenvalue weighted by Gasteiger charge is -2.34. The van der Waals surface area contributed by atoms with Gasteiger partial charge in [-0.25, -0.2) is 13.8 Å². The summed E-state index contributed by atoms with van der Waals surface area (Å²) in [4.78, 5) is 19.5. The molecule has 3 N–H and O–H groups in total. The highest BCUT2D eigenvalue weighted by atomic mass is 19.1. The summed E-state index contributed by atoms with van der Waals surface area (Å²) >= 11 is 0. The maximum Gasteiger partial charge on any atom is 0.240 e. The molecule has 0 bridgehead atoms. The van der Waals surface area contributed by atoms with E-state index in [9.17, 15) is 13.6 Å². The average Bonchev–Trinajstić information content (AvgIpc) is 3.11. The number of rotatable bonds is 4. The summed E-state index contributed by atoms with van der Waals surface area (Å²) in [6.07, 6.45) is 0. The molecule has 0 spiro atoms. The Balaban J connectivity index is 1.70. The molecule has 2 aromatic carbocycles. The van der Waals surface area contributed by atoms with Crippen molar-refractivity contribution in [2.75, 3.05) is 11.9 Å². The lowest BCUT2D eigenvalue weighted by Crippen LogP contribution is -2.52. The van der Waals surface area contributed by atoms with Gasteiger partial charge in [-0.3, -0.25) is 4.79 Å². The molecule has 2 heterocycles. The second kappa shape index (κ2) is 8.35. The molecule has 6 nitrogen and oxygen atoms in total. The van der Waals surface area contributed by atoms with Gasteiger partial charge in [0.25, 0.3) is 0 Å². The van der Waals surface area contributed by atoms with Gasteiger partial charge in [-0.1, -0.05) is 20.8 Å². The number of aromatic nitrogens is 2. The van der Waals surface area contributed by atoms with E-state index in [1.165, 1.54) is 24.3 Å². The molecule has 1 aliphatic rings. The molecule has 0 unspecified atom stereocenters. The number of imidazole rings is 1. The number of nitrogens with zero attached hydrogens (tertiary/aromatic N) is 3. The van der Waals surface area contributed by atoms with Crippen molar-refractivity contribution in [2.45, 2.75) is 39.9 Å². The first-order chi connectivity index (χ1) is 15.1. The first-order valence-corrected chi connectivity index (χ1v) is 10.6. The van der Waals surface area contributed by atoms with Gasteiger partial charge < -0.3 is 20.5 Å². The third-order valence-electron chi connectivity index (χ3n) is 5.71. The van der Waals surface area contributed by atoms with Crippen molar-refractivity contribution in [1.29, 1.82) is 0 Å². The summed E-state index contributed by atoms with van der Waals surface area (Å²) < 4.78 is 28.9. The summed E-state index contributed by atoms with van der Waals surface area (Å²) in [5, 5.41) is 3.32. The third-order valence-corrected chi connectivity index (χ3v) is 5.71. The van der Waals surface area contributed by atoms with Crippen molar-refractivity contribution in [3.63, 3.8) is 0 Å². The van der Waals surface area contributed by atoms with Crippen LogP contribution in [0.4, 0.5) is 20.3 Å². The van der Waals surface area contributed by atoms with Crippen LogP contribution in [0.25, 0.3) is 11.3 Å². The highest BCUT2D eigenvalue weighted by molar-refractivity contribution is 5.83. The number of anilines is 2. The molecular weight excluding hydrogens is 412 g/mol. The number of nitrogens with one attached hydrogen (secondary N) is 1. The van der Waals surface area contributed by atoms with Crippen LogP contribution in [0.2, 0.25) is 0 Å². The Hall–Kier alpha value is -3.26. The molecule has 0 fully saturated rings. The highest BCUT2D eigenvalue weighted by Crippen LogP contribution is 2.34. The summed E-state index contributed by atoms with van der Waals surface area (Å²) in [6.45, 7) is 7.16. The van der Waals surface area contributed by atoms with Gasteiger partial charge in [-0.15, -0.1) is 0 Å². The van der Waals surface area contributed by atoms with Crippen LogP contribution in [-0.2, 0) is 17.9 Å². The zero-order valence-electron chi connectivity index (χ0n) is 18.4. The van der Waals surface area contributed by atoms with Crippen LogP contribution < -0.4 is 11.1 Å². The zero-order chi connectivity index (χ0) is 23.0. The first kappa shape index (κ1) is 22.0. The number of carbonyl (C=O) groups excluding carboxylic acids is 1. The average molecular weight is 440 g/mol. The summed E-state index contributed by atoms with van der Waals surface area (Å²) in [6, 6.07) is 11.5. The van der Waals surface area contributed by atoms with Crippen LogP contribution in [0.3, 0.4) is 0 Å². The van der Waals surface area contributed by atoms with Crippen molar-refractivity contribution < 1.29 is 13.6 Å². The molecule has 0 saturated carbocycles. The summed E-state index contributed by atoms with van der Waals surface area (Å²) in [5.41, 5.74) is 7.93. The monoisotopic (exact) mass is 439 g/mol. The topological polar surface area (TPSA) is 76.2 Å². The van der Waals surface area contributed by atoms with E-state index >= 15 is 0 Å². The molecule has 8 heteroatoms. The Morgan fingerprint density at radius 2 is 1.62 bits per heavy atom. The van der Waals surface area contributed by atoms with Crippen LogP contribution in [0.15, 0.2) is 48.5 Å². The third kappa shape index (κ3) is 4.36. The maximum atomic E-state index is 13.5. The van der Waals surface area contributed by atoms with Crippen molar-refractivity contribution >= 4 is 17.4 Å². The molecule has 3 aromatic rings. The Bertz CT molecular complexity index is 1120. The van der Waals surface area contributed by atoms with Crippen LogP contribution in [-0.4, -0.2) is 32.9 Å². The first-order valence-electron chi connectivity index (χ1n) is 10.6. The minimum Gasteiger partial charge on any atom is -0.340 e. The zero-order valence-corrected chi connectivity index (χ0v) is 18.4. The number of carbonyl (C=O) groups is 1. The molecule has 1 aromatic heterocycles. The fourth-order valence-corrected chi connectivity index (χ4v) is 3.69. The second-order valence-corrected chi connectivity index (χ2v) is 9.12. The Labute approximate surface area is 186 Å². The van der Waals surface area contributed by atoms with Gasteiger partial charge in [0.15, 0.2) is 0 Å². The van der Waals surface area contributed by atoms with Gasteiger partial charge in [-0.2, -0.15) is 0 Å². The predicted octanol–water partition coefficient (Wildman–Crippen LogP) is 4.29. The number of benzene rings is 2. The molecule has 0 radical (unpaired) electrons. The number of hydrogen-bond donors (Lipinski definition) is 2. The van der Waals surface area contributed by atoms with E-state index in [-0.39, 0.29) is 23.0 Å². The van der Waals surface area contributed by atoms with Crippen LogP contribution >= 0.6 is 0 Å². The van der Waals surface area contributed by atoms with Crippen molar-refractivity contribution in [1.82, 2.24) is 14.5 Å². The van der Waals surface area contributed by atoms with Crippen LogP contribution in [0, 0.1) is 17.0 Å². The largest absolute Gasteiger partial charge is 0.340 e. The number of nitrogens with two attached hydrogens (primary N) is 1. The Morgan fingerprint density at radius 1 is 1.03 bits per heavy atom. The van der Waals surface area contributed by atoms with E-state index in [1.54, 1.807) is 29.2 Å². The molecular formula is C24H27F2N5O.